The van der Waals surface area contributed by atoms with Crippen LogP contribution >= 0.6 is 22.9 Å². The highest BCUT2D eigenvalue weighted by Gasteiger charge is 2.41. The molecule has 1 aromatic heterocycles. The van der Waals surface area contributed by atoms with E-state index in [9.17, 15) is 8.78 Å². The number of hydrogen-bond acceptors (Lipinski definition) is 4. The van der Waals surface area contributed by atoms with Crippen molar-refractivity contribution in [1.29, 1.82) is 0 Å². The molecule has 0 radical (unpaired) electrons. The van der Waals surface area contributed by atoms with Crippen LogP contribution in [0.4, 0.5) is 8.78 Å². The van der Waals surface area contributed by atoms with Gasteiger partial charge in [0.15, 0.2) is 0 Å². The zero-order valence-electron chi connectivity index (χ0n) is 20.3. The molecule has 2 aromatic rings. The Morgan fingerprint density at radius 3 is 2.72 bits per heavy atom. The fourth-order valence-corrected chi connectivity index (χ4v) is 6.08. The molecule has 36 heavy (non-hydrogen) atoms. The minimum atomic E-state index is -1.03. The maximum atomic E-state index is 14.0. The van der Waals surface area contributed by atoms with Gasteiger partial charge < -0.3 is 4.90 Å². The molecule has 1 aromatic carbocycles. The predicted octanol–water partition coefficient (Wildman–Crippen LogP) is 7.74. The summed E-state index contributed by atoms with van der Waals surface area (Å²) in [7, 11) is 0. The molecule has 0 amide bonds. The molecule has 5 rings (SSSR count). The Morgan fingerprint density at radius 1 is 1.25 bits per heavy atom. The minimum absolute atomic E-state index is 0.325. The molecular formula is C29H28ClF2N3S. The number of thiophene rings is 1. The topological polar surface area (TPSA) is 28.0 Å². The van der Waals surface area contributed by atoms with E-state index in [-0.39, 0.29) is 5.82 Å². The molecule has 3 aliphatic heterocycles. The Kier molecular flexibility index (Phi) is 7.09. The number of nitrogens with zero attached hydrogens (tertiary/aromatic N) is 3. The third-order valence-electron chi connectivity index (χ3n) is 7.01. The first kappa shape index (κ1) is 24.8. The van der Waals surface area contributed by atoms with Crippen molar-refractivity contribution >= 4 is 34.5 Å². The second-order valence-electron chi connectivity index (χ2n) is 9.48. The molecule has 186 valence electrons. The third kappa shape index (κ3) is 4.76. The molecule has 4 atom stereocenters. The monoisotopic (exact) mass is 523 g/mol. The maximum Gasteiger partial charge on any atom is 0.146 e. The molecular weight excluding hydrogens is 496 g/mol. The van der Waals surface area contributed by atoms with Gasteiger partial charge in [-0.25, -0.2) is 8.78 Å². The van der Waals surface area contributed by atoms with Crippen molar-refractivity contribution in [2.45, 2.75) is 32.5 Å². The normalized spacial score (nSPS) is 24.5. The number of halogens is 3. The summed E-state index contributed by atoms with van der Waals surface area (Å²) in [6.45, 7) is 8.96. The highest BCUT2D eigenvalue weighted by atomic mass is 35.5. The van der Waals surface area contributed by atoms with Gasteiger partial charge in [0.1, 0.15) is 23.9 Å². The average Bonchev–Trinajstić information content (AvgIpc) is 3.54. The molecule has 3 nitrogen and oxygen atoms in total. The van der Waals surface area contributed by atoms with Crippen LogP contribution < -0.4 is 0 Å². The molecule has 0 spiro atoms. The van der Waals surface area contributed by atoms with E-state index in [0.717, 1.165) is 51.8 Å². The van der Waals surface area contributed by atoms with Gasteiger partial charge in [0.05, 0.1) is 17.1 Å². The number of rotatable bonds is 6. The second kappa shape index (κ2) is 10.3. The first-order chi connectivity index (χ1) is 17.4. The van der Waals surface area contributed by atoms with Gasteiger partial charge in [0.2, 0.25) is 0 Å². The van der Waals surface area contributed by atoms with Gasteiger partial charge in [-0.2, -0.15) is 0 Å². The van der Waals surface area contributed by atoms with Crippen LogP contribution in [0.15, 0.2) is 93.4 Å². The van der Waals surface area contributed by atoms with Crippen LogP contribution in [0.5, 0.6) is 0 Å². The summed E-state index contributed by atoms with van der Waals surface area (Å²) in [6.07, 6.45) is 7.27. The third-order valence-corrected chi connectivity index (χ3v) is 8.20. The zero-order chi connectivity index (χ0) is 25.4. The number of allylic oxidation sites excluding steroid dienone is 4. The summed E-state index contributed by atoms with van der Waals surface area (Å²) in [5.41, 5.74) is 4.53. The summed E-state index contributed by atoms with van der Waals surface area (Å²) >= 11 is 8.24. The van der Waals surface area contributed by atoms with E-state index in [2.05, 4.69) is 24.5 Å². The Bertz CT molecular complexity index is 1320. The Morgan fingerprint density at radius 2 is 2.08 bits per heavy atom. The number of dihydropyridines is 1. The molecule has 7 heteroatoms. The first-order valence-electron chi connectivity index (χ1n) is 12.1. The second-order valence-corrected chi connectivity index (χ2v) is 10.8. The van der Waals surface area contributed by atoms with Crippen molar-refractivity contribution in [3.05, 3.63) is 105 Å². The van der Waals surface area contributed by atoms with E-state index in [4.69, 9.17) is 21.6 Å². The summed E-state index contributed by atoms with van der Waals surface area (Å²) in [5.74, 6) is 1.21. The highest BCUT2D eigenvalue weighted by Crippen LogP contribution is 2.46. The fourth-order valence-electron chi connectivity index (χ4n) is 5.08. The van der Waals surface area contributed by atoms with Crippen LogP contribution in [-0.4, -0.2) is 35.7 Å². The van der Waals surface area contributed by atoms with E-state index >= 15 is 0 Å². The molecule has 0 saturated carbocycles. The van der Waals surface area contributed by atoms with E-state index in [1.807, 2.05) is 29.7 Å². The SMILES string of the molecule is C=CC(C)[C@H]1CC2=C(C3=NCC(=CC(C)F)C=C3)[C@H](c3ccc(F)cc3Cl)N=C(c3cccs3)N2C1. The van der Waals surface area contributed by atoms with Crippen LogP contribution in [0.3, 0.4) is 0 Å². The number of amidine groups is 1. The quantitative estimate of drug-likeness (QED) is 0.356. The first-order valence-corrected chi connectivity index (χ1v) is 13.4. The Balaban J connectivity index is 1.68. The lowest BCUT2D eigenvalue weighted by Gasteiger charge is -2.34. The summed E-state index contributed by atoms with van der Waals surface area (Å²) < 4.78 is 27.5. The van der Waals surface area contributed by atoms with Crippen LogP contribution in [0.2, 0.25) is 5.02 Å². The lowest BCUT2D eigenvalue weighted by Crippen LogP contribution is -2.35. The predicted molar refractivity (Wildman–Crippen MR) is 146 cm³/mol. The van der Waals surface area contributed by atoms with Gasteiger partial charge in [-0.05, 0) is 66.5 Å². The number of benzene rings is 1. The molecule has 3 aliphatic rings. The largest absolute Gasteiger partial charge is 0.328 e. The molecule has 0 bridgehead atoms. The zero-order valence-corrected chi connectivity index (χ0v) is 21.9. The Labute approximate surface area is 219 Å². The summed E-state index contributed by atoms with van der Waals surface area (Å²) in [5, 5.41) is 2.38. The van der Waals surface area contributed by atoms with E-state index < -0.39 is 12.2 Å². The van der Waals surface area contributed by atoms with Crippen molar-refractivity contribution in [2.24, 2.45) is 21.8 Å². The number of alkyl halides is 1. The lowest BCUT2D eigenvalue weighted by atomic mass is 9.87. The van der Waals surface area contributed by atoms with Gasteiger partial charge >= 0.3 is 0 Å². The average molecular weight is 524 g/mol. The van der Waals surface area contributed by atoms with E-state index in [1.54, 1.807) is 23.5 Å². The van der Waals surface area contributed by atoms with E-state index in [1.165, 1.54) is 19.1 Å². The van der Waals surface area contributed by atoms with Gasteiger partial charge in [0, 0.05) is 28.4 Å². The molecule has 1 saturated heterocycles. The van der Waals surface area contributed by atoms with Gasteiger partial charge in [-0.1, -0.05) is 42.8 Å². The van der Waals surface area contributed by atoms with Gasteiger partial charge in [-0.15, -0.1) is 17.9 Å². The number of aliphatic imine (C=N–C) groups is 2. The lowest BCUT2D eigenvalue weighted by molar-refractivity contribution is 0.420. The van der Waals surface area contributed by atoms with Crippen LogP contribution in [0.1, 0.15) is 36.8 Å². The number of fused-ring (bicyclic) bond motifs is 1. The highest BCUT2D eigenvalue weighted by molar-refractivity contribution is 7.12. The summed E-state index contributed by atoms with van der Waals surface area (Å²) in [4.78, 5) is 13.5. The van der Waals surface area contributed by atoms with Crippen molar-refractivity contribution < 1.29 is 8.78 Å². The molecule has 0 N–H and O–H groups in total. The van der Waals surface area contributed by atoms with E-state index in [0.29, 0.717) is 23.4 Å². The minimum Gasteiger partial charge on any atom is -0.328 e. The van der Waals surface area contributed by atoms with Crippen molar-refractivity contribution in [1.82, 2.24) is 4.90 Å². The summed E-state index contributed by atoms with van der Waals surface area (Å²) in [6, 6.07) is 8.15. The van der Waals surface area contributed by atoms with Crippen LogP contribution in [-0.2, 0) is 0 Å². The molecule has 2 unspecified atom stereocenters. The number of hydrogen-bond donors (Lipinski definition) is 0. The Hall–Kier alpha value is -2.83. The molecule has 0 aliphatic carbocycles. The molecule has 1 fully saturated rings. The van der Waals surface area contributed by atoms with Crippen molar-refractivity contribution in [2.75, 3.05) is 13.1 Å². The van der Waals surface area contributed by atoms with Gasteiger partial charge in [0.25, 0.3) is 0 Å². The van der Waals surface area contributed by atoms with Crippen LogP contribution in [0, 0.1) is 17.7 Å². The van der Waals surface area contributed by atoms with Crippen molar-refractivity contribution in [3.8, 4) is 0 Å². The van der Waals surface area contributed by atoms with Crippen LogP contribution in [0.25, 0.3) is 0 Å². The van der Waals surface area contributed by atoms with Crippen molar-refractivity contribution in [3.63, 3.8) is 0 Å². The maximum absolute atomic E-state index is 14.0. The standard InChI is InChI=1S/C29H28ClF2N3S/c1-4-17(2)20-13-25-27(24-10-7-19(15-33-24)12-18(3)31)28(22-9-8-21(32)14-23(22)30)34-29(35(25)16-20)26-6-5-11-36-26/h4-12,14,17-18,20,28H,1,13,15-16H2,2-3H3/t17?,18?,20-,28-/m0/s1. The molecule has 4 heterocycles. The fraction of sp³-hybridized carbons (Fsp3) is 0.310. The smallest absolute Gasteiger partial charge is 0.146 e. The van der Waals surface area contributed by atoms with Gasteiger partial charge in [-0.3, -0.25) is 9.98 Å².